The van der Waals surface area contributed by atoms with Gasteiger partial charge in [0.25, 0.3) is 5.91 Å². The summed E-state index contributed by atoms with van der Waals surface area (Å²) >= 11 is 5.97. The minimum Gasteiger partial charge on any atom is -0.489 e. The topological polar surface area (TPSA) is 137 Å². The summed E-state index contributed by atoms with van der Waals surface area (Å²) in [7, 11) is 0. The average Bonchev–Trinajstić information content (AvgIpc) is 3.80. The Balaban J connectivity index is 1.42. The Bertz CT molecular complexity index is 1920. The molecule has 46 heavy (non-hydrogen) atoms. The Hall–Kier alpha value is -4.49. The molecule has 1 saturated carbocycles. The van der Waals surface area contributed by atoms with Crippen LogP contribution in [0.4, 0.5) is 17.6 Å². The van der Waals surface area contributed by atoms with Crippen LogP contribution >= 0.6 is 11.6 Å². The Morgan fingerprint density at radius 1 is 1.20 bits per heavy atom. The molecule has 2 atom stereocenters. The second-order valence-electron chi connectivity index (χ2n) is 11.8. The van der Waals surface area contributed by atoms with E-state index in [1.807, 2.05) is 0 Å². The van der Waals surface area contributed by atoms with Gasteiger partial charge in [-0.1, -0.05) is 11.6 Å². The number of primary amides is 1. The molecule has 1 fully saturated rings. The van der Waals surface area contributed by atoms with Gasteiger partial charge in [0.2, 0.25) is 5.91 Å². The molecule has 9 nitrogen and oxygen atoms in total. The highest BCUT2D eigenvalue weighted by molar-refractivity contribution is 6.31. The fraction of sp³-hybridized carbons (Fsp3) is 0.312. The van der Waals surface area contributed by atoms with Crippen molar-refractivity contribution >= 4 is 34.3 Å². The second-order valence-corrected chi connectivity index (χ2v) is 12.2. The minimum absolute atomic E-state index is 0.0143. The molecule has 1 aliphatic heterocycles. The van der Waals surface area contributed by atoms with E-state index in [0.717, 1.165) is 17.7 Å². The van der Waals surface area contributed by atoms with Crippen LogP contribution in [0.15, 0.2) is 42.6 Å². The highest BCUT2D eigenvalue weighted by Gasteiger charge is 2.50. The first-order valence-electron chi connectivity index (χ1n) is 14.2. The number of rotatable bonds is 9. The molecule has 0 bridgehead atoms. The molecule has 4 N–H and O–H groups in total. The highest BCUT2D eigenvalue weighted by atomic mass is 35.5. The molecule has 6 rings (SSSR count). The number of fused-ring (bicyclic) bond motifs is 2. The minimum atomic E-state index is -3.17. The molecule has 0 spiro atoms. The molecule has 2 aliphatic rings. The molecule has 1 aliphatic carbocycles. The number of nitrogens with zero attached hydrogens (tertiary/aromatic N) is 2. The summed E-state index contributed by atoms with van der Waals surface area (Å²) in [5.74, 6) is -4.18. The Morgan fingerprint density at radius 3 is 2.61 bits per heavy atom. The molecule has 14 heteroatoms. The SMILES string of the molecule is Cc1cnc2c(OC(F)F)cc(C(=O)NC[C@](O)(c3cc4c(c(-c5cc(Cl)c(F)cc5F)n3)OC[C@]4(C)C(N)=O)C3CC3)cc2c1. The summed E-state index contributed by atoms with van der Waals surface area (Å²) in [6.07, 6.45) is 2.58. The van der Waals surface area contributed by atoms with Gasteiger partial charge < -0.3 is 25.6 Å². The summed E-state index contributed by atoms with van der Waals surface area (Å²) < 4.78 is 66.0. The number of ether oxygens (including phenoxy) is 2. The normalized spacial score (nSPS) is 18.6. The van der Waals surface area contributed by atoms with Gasteiger partial charge in [0.1, 0.15) is 46.2 Å². The number of nitrogens with two attached hydrogens (primary N) is 1. The summed E-state index contributed by atoms with van der Waals surface area (Å²) in [6, 6.07) is 7.29. The van der Waals surface area contributed by atoms with E-state index in [1.54, 1.807) is 13.0 Å². The first kappa shape index (κ1) is 31.5. The lowest BCUT2D eigenvalue weighted by Gasteiger charge is -2.30. The van der Waals surface area contributed by atoms with Gasteiger partial charge in [0.15, 0.2) is 5.75 Å². The van der Waals surface area contributed by atoms with Crippen LogP contribution in [-0.4, -0.2) is 46.7 Å². The third-order valence-electron chi connectivity index (χ3n) is 8.46. The van der Waals surface area contributed by atoms with Crippen molar-refractivity contribution < 1.29 is 41.7 Å². The van der Waals surface area contributed by atoms with E-state index in [4.69, 9.17) is 22.1 Å². The largest absolute Gasteiger partial charge is 0.489 e. The van der Waals surface area contributed by atoms with Gasteiger partial charge in [-0.15, -0.1) is 0 Å². The number of aryl methyl sites for hydroxylation is 1. The summed E-state index contributed by atoms with van der Waals surface area (Å²) in [6.45, 7) is -0.501. The number of carbonyl (C=O) groups excluding carboxylic acids is 2. The van der Waals surface area contributed by atoms with Crippen LogP contribution in [0, 0.1) is 24.5 Å². The third-order valence-corrected chi connectivity index (χ3v) is 8.75. The van der Waals surface area contributed by atoms with E-state index in [0.29, 0.717) is 24.3 Å². The lowest BCUT2D eigenvalue weighted by Crippen LogP contribution is -2.44. The molecule has 2 aromatic heterocycles. The smallest absolute Gasteiger partial charge is 0.387 e. The number of aliphatic hydroxyl groups is 1. The maximum absolute atomic E-state index is 15.2. The molecule has 2 aromatic carbocycles. The number of carbonyl (C=O) groups is 2. The van der Waals surface area contributed by atoms with Crippen molar-refractivity contribution in [2.24, 2.45) is 11.7 Å². The molecule has 0 saturated heterocycles. The van der Waals surface area contributed by atoms with E-state index in [2.05, 4.69) is 20.0 Å². The van der Waals surface area contributed by atoms with Gasteiger partial charge in [-0.25, -0.2) is 13.8 Å². The number of halogens is 5. The van der Waals surface area contributed by atoms with Gasteiger partial charge in [0.05, 0.1) is 17.3 Å². The van der Waals surface area contributed by atoms with Crippen LogP contribution in [0.2, 0.25) is 5.02 Å². The van der Waals surface area contributed by atoms with E-state index in [1.165, 1.54) is 25.3 Å². The Morgan fingerprint density at radius 2 is 1.93 bits per heavy atom. The molecule has 4 aromatic rings. The number of pyridine rings is 2. The van der Waals surface area contributed by atoms with E-state index < -0.39 is 58.6 Å². The van der Waals surface area contributed by atoms with Crippen molar-refractivity contribution in [1.82, 2.24) is 15.3 Å². The van der Waals surface area contributed by atoms with Gasteiger partial charge in [-0.3, -0.25) is 14.6 Å². The standard InChI is InChI=1S/C32H27ClF4N4O5/c1-14-5-15-6-16(7-23(46-30(36)37)25(15)39-11-14)28(42)40-12-32(44,17-3-4-17)24-9-19-27(45-13-31(19,2)29(38)43)26(41-24)18-8-20(33)22(35)10-21(18)34/h5-11,17,30,44H,3-4,12-13H2,1-2H3,(H2,38,43)(H,40,42)/t31-,32+/m0/s1. The van der Waals surface area contributed by atoms with E-state index in [9.17, 15) is 27.9 Å². The summed E-state index contributed by atoms with van der Waals surface area (Å²) in [5.41, 5.74) is 3.12. The zero-order chi connectivity index (χ0) is 33.1. The van der Waals surface area contributed by atoms with Crippen LogP contribution in [-0.2, 0) is 15.8 Å². The summed E-state index contributed by atoms with van der Waals surface area (Å²) in [5, 5.41) is 14.8. The number of alkyl halides is 2. The van der Waals surface area contributed by atoms with Crippen molar-refractivity contribution in [2.75, 3.05) is 13.2 Å². The van der Waals surface area contributed by atoms with Crippen molar-refractivity contribution in [3.05, 3.63) is 81.6 Å². The summed E-state index contributed by atoms with van der Waals surface area (Å²) in [4.78, 5) is 34.7. The zero-order valence-corrected chi connectivity index (χ0v) is 25.2. The third kappa shape index (κ3) is 5.47. The number of benzene rings is 2. The monoisotopic (exact) mass is 658 g/mol. The first-order chi connectivity index (χ1) is 21.7. The number of hydrogen-bond donors (Lipinski definition) is 3. The predicted molar refractivity (Wildman–Crippen MR) is 159 cm³/mol. The zero-order valence-electron chi connectivity index (χ0n) is 24.5. The lowest BCUT2D eigenvalue weighted by atomic mass is 9.81. The van der Waals surface area contributed by atoms with Crippen molar-refractivity contribution in [1.29, 1.82) is 0 Å². The average molecular weight is 659 g/mol. The molecule has 240 valence electrons. The molecular weight excluding hydrogens is 632 g/mol. The van der Waals surface area contributed by atoms with Crippen LogP contribution in [0.25, 0.3) is 22.2 Å². The van der Waals surface area contributed by atoms with Gasteiger partial charge in [0, 0.05) is 34.3 Å². The number of aromatic nitrogens is 2. The van der Waals surface area contributed by atoms with Gasteiger partial charge in [-0.05, 0) is 68.5 Å². The molecule has 0 radical (unpaired) electrons. The fourth-order valence-corrected chi connectivity index (χ4v) is 5.82. The van der Waals surface area contributed by atoms with E-state index >= 15 is 4.39 Å². The predicted octanol–water partition coefficient (Wildman–Crippen LogP) is 5.30. The quantitative estimate of drug-likeness (QED) is 0.164. The van der Waals surface area contributed by atoms with Crippen molar-refractivity contribution in [3.63, 3.8) is 0 Å². The highest BCUT2D eigenvalue weighted by Crippen LogP contribution is 2.50. The van der Waals surface area contributed by atoms with Crippen LogP contribution in [0.5, 0.6) is 11.5 Å². The lowest BCUT2D eigenvalue weighted by molar-refractivity contribution is -0.123. The van der Waals surface area contributed by atoms with Crippen LogP contribution in [0.1, 0.15) is 46.9 Å². The maximum atomic E-state index is 15.2. The molecule has 0 unspecified atom stereocenters. The maximum Gasteiger partial charge on any atom is 0.387 e. The van der Waals surface area contributed by atoms with Crippen LogP contribution in [0.3, 0.4) is 0 Å². The Kier molecular flexibility index (Phi) is 7.80. The number of amides is 2. The molecular formula is C32H27ClF4N4O5. The van der Waals surface area contributed by atoms with Gasteiger partial charge in [-0.2, -0.15) is 8.78 Å². The molecule has 3 heterocycles. The second kappa shape index (κ2) is 11.4. The fourth-order valence-electron chi connectivity index (χ4n) is 5.66. The van der Waals surface area contributed by atoms with E-state index in [-0.39, 0.29) is 51.7 Å². The first-order valence-corrected chi connectivity index (χ1v) is 14.6. The Labute approximate surface area is 264 Å². The van der Waals surface area contributed by atoms with Gasteiger partial charge >= 0.3 is 6.61 Å². The van der Waals surface area contributed by atoms with Crippen LogP contribution < -0.4 is 20.5 Å². The van der Waals surface area contributed by atoms with Crippen molar-refractivity contribution in [2.45, 2.75) is 44.3 Å². The number of nitrogens with one attached hydrogen (secondary N) is 1. The van der Waals surface area contributed by atoms with Crippen molar-refractivity contribution in [3.8, 4) is 22.8 Å². The molecule has 2 amide bonds. The number of hydrogen-bond acceptors (Lipinski definition) is 7.